The number of amides is 1. The zero-order valence-electron chi connectivity index (χ0n) is 14.3. The second-order valence-electron chi connectivity index (χ2n) is 6.15. The Kier molecular flexibility index (Phi) is 6.98. The van der Waals surface area contributed by atoms with Crippen molar-refractivity contribution in [3.05, 3.63) is 40.1 Å². The molecule has 1 fully saturated rings. The largest absolute Gasteiger partial charge is 0.349 e. The Balaban J connectivity index is 0.00000225. The van der Waals surface area contributed by atoms with Gasteiger partial charge in [-0.15, -0.1) is 17.5 Å². The van der Waals surface area contributed by atoms with Crippen molar-refractivity contribution >= 4 is 34.2 Å². The number of hydrogen-bond donors (Lipinski definition) is 2. The molecule has 2 aromatic rings. The first kappa shape index (κ1) is 19.9. The van der Waals surface area contributed by atoms with Crippen LogP contribution in [0.3, 0.4) is 0 Å². The van der Waals surface area contributed by atoms with Crippen LogP contribution in [0.2, 0.25) is 0 Å². The third-order valence-corrected chi connectivity index (χ3v) is 4.61. The number of nitrogens with zero attached hydrogens (tertiary/aromatic N) is 3. The maximum absolute atomic E-state index is 12.5. The Hall–Kier alpha value is -1.44. The zero-order chi connectivity index (χ0) is 17.1. The summed E-state index contributed by atoms with van der Waals surface area (Å²) in [6.45, 7) is 5.55. The lowest BCUT2D eigenvalue weighted by Crippen LogP contribution is -2.39. The number of carbonyl (C=O) groups excluding carboxylic acids is 1. The molecule has 0 bridgehead atoms. The molecule has 2 N–H and O–H groups in total. The topological polar surface area (TPSA) is 71.8 Å². The first-order valence-corrected chi connectivity index (χ1v) is 9.12. The monoisotopic (exact) mass is 427 g/mol. The fraction of sp³-hybridized carbons (Fsp3) is 0.471. The molecule has 1 aromatic heterocycles. The van der Waals surface area contributed by atoms with E-state index in [9.17, 15) is 4.79 Å². The van der Waals surface area contributed by atoms with E-state index < -0.39 is 0 Å². The Morgan fingerprint density at radius 2 is 2.04 bits per heavy atom. The number of hydrogen-bond acceptors (Lipinski definition) is 4. The van der Waals surface area contributed by atoms with E-state index in [0.29, 0.717) is 18.2 Å². The van der Waals surface area contributed by atoms with Crippen LogP contribution in [-0.2, 0) is 0 Å². The van der Waals surface area contributed by atoms with Crippen LogP contribution in [-0.4, -0.2) is 40.0 Å². The molecular formula is C17H23BrClN5O. The molecular weight excluding hydrogens is 406 g/mol. The van der Waals surface area contributed by atoms with Crippen molar-refractivity contribution in [2.45, 2.75) is 38.6 Å². The molecule has 25 heavy (non-hydrogen) atoms. The highest BCUT2D eigenvalue weighted by Gasteiger charge is 2.34. The van der Waals surface area contributed by atoms with Crippen molar-refractivity contribution < 1.29 is 4.79 Å². The van der Waals surface area contributed by atoms with E-state index in [-0.39, 0.29) is 24.4 Å². The van der Waals surface area contributed by atoms with E-state index in [2.05, 4.69) is 36.9 Å². The number of likely N-dealkylation sites (N-methyl/N-ethyl adjacent to an activating group) is 1. The van der Waals surface area contributed by atoms with Crippen molar-refractivity contribution in [2.75, 3.05) is 13.1 Å². The van der Waals surface area contributed by atoms with Gasteiger partial charge in [-0.2, -0.15) is 0 Å². The average molecular weight is 429 g/mol. The normalized spacial score (nSPS) is 14.7. The van der Waals surface area contributed by atoms with Crippen LogP contribution in [0, 0.1) is 0 Å². The van der Waals surface area contributed by atoms with Gasteiger partial charge in [-0.3, -0.25) is 4.79 Å². The van der Waals surface area contributed by atoms with Gasteiger partial charge in [0.05, 0.1) is 11.4 Å². The van der Waals surface area contributed by atoms with E-state index in [0.717, 1.165) is 35.2 Å². The minimum atomic E-state index is -0.148. The van der Waals surface area contributed by atoms with Crippen molar-refractivity contribution in [2.24, 2.45) is 0 Å². The van der Waals surface area contributed by atoms with Crippen LogP contribution >= 0.6 is 28.3 Å². The van der Waals surface area contributed by atoms with Gasteiger partial charge in [0.2, 0.25) is 0 Å². The molecule has 8 heteroatoms. The molecule has 3 rings (SSSR count). The highest BCUT2D eigenvalue weighted by molar-refractivity contribution is 9.10. The third-order valence-electron chi connectivity index (χ3n) is 4.08. The molecule has 6 nitrogen and oxygen atoms in total. The van der Waals surface area contributed by atoms with Gasteiger partial charge in [0.25, 0.3) is 5.91 Å². The van der Waals surface area contributed by atoms with Crippen molar-refractivity contribution in [1.82, 2.24) is 25.6 Å². The van der Waals surface area contributed by atoms with Gasteiger partial charge in [0.15, 0.2) is 5.69 Å². The van der Waals surface area contributed by atoms with Gasteiger partial charge in [-0.05, 0) is 50.6 Å². The smallest absolute Gasteiger partial charge is 0.273 e. The van der Waals surface area contributed by atoms with Crippen molar-refractivity contribution in [3.8, 4) is 5.69 Å². The van der Waals surface area contributed by atoms with Gasteiger partial charge < -0.3 is 10.6 Å². The molecule has 1 aromatic carbocycles. The van der Waals surface area contributed by atoms with Gasteiger partial charge in [-0.1, -0.05) is 28.1 Å². The first-order chi connectivity index (χ1) is 11.6. The number of aromatic nitrogens is 3. The molecule has 0 unspecified atom stereocenters. The summed E-state index contributed by atoms with van der Waals surface area (Å²) in [6, 6.07) is 8.10. The van der Waals surface area contributed by atoms with E-state index in [4.69, 9.17) is 0 Å². The second kappa shape index (κ2) is 8.78. The molecule has 0 saturated heterocycles. The lowest BCUT2D eigenvalue weighted by Gasteiger charge is -2.13. The number of halogens is 2. The van der Waals surface area contributed by atoms with Crippen LogP contribution in [0.5, 0.6) is 0 Å². The van der Waals surface area contributed by atoms with Gasteiger partial charge in [0, 0.05) is 23.0 Å². The zero-order valence-corrected chi connectivity index (χ0v) is 16.7. The molecule has 1 saturated carbocycles. The number of rotatable bonds is 7. The fourth-order valence-electron chi connectivity index (χ4n) is 2.70. The molecule has 1 atom stereocenters. The van der Waals surface area contributed by atoms with Crippen LogP contribution in [0.1, 0.15) is 48.8 Å². The Morgan fingerprint density at radius 3 is 2.64 bits per heavy atom. The summed E-state index contributed by atoms with van der Waals surface area (Å²) in [4.78, 5) is 12.5. The predicted octanol–water partition coefficient (Wildman–Crippen LogP) is 3.06. The summed E-state index contributed by atoms with van der Waals surface area (Å²) < 4.78 is 2.81. The van der Waals surface area contributed by atoms with Crippen LogP contribution < -0.4 is 10.6 Å². The molecule has 0 spiro atoms. The Morgan fingerprint density at radius 1 is 1.36 bits per heavy atom. The third kappa shape index (κ3) is 4.80. The molecule has 1 heterocycles. The second-order valence-corrected chi connectivity index (χ2v) is 7.07. The van der Waals surface area contributed by atoms with E-state index >= 15 is 0 Å². The number of carbonyl (C=O) groups is 1. The maximum atomic E-state index is 12.5. The maximum Gasteiger partial charge on any atom is 0.273 e. The minimum absolute atomic E-state index is 0. The highest BCUT2D eigenvalue weighted by atomic mass is 79.9. The number of benzene rings is 1. The minimum Gasteiger partial charge on any atom is -0.349 e. The molecule has 1 aliphatic carbocycles. The highest BCUT2D eigenvalue weighted by Crippen LogP contribution is 2.42. The van der Waals surface area contributed by atoms with Crippen molar-refractivity contribution in [1.29, 1.82) is 0 Å². The predicted molar refractivity (Wildman–Crippen MR) is 104 cm³/mol. The summed E-state index contributed by atoms with van der Waals surface area (Å²) in [5, 5.41) is 14.6. The van der Waals surface area contributed by atoms with Gasteiger partial charge in [0.1, 0.15) is 0 Å². The summed E-state index contributed by atoms with van der Waals surface area (Å²) >= 11 is 3.44. The standard InChI is InChI=1S/C17H22BrN5O.ClH/c1-3-19-11(2)10-20-17(24)15-16(12-4-5-12)23(22-21-15)14-8-6-13(18)7-9-14;/h6-9,11-12,19H,3-5,10H2,1-2H3,(H,20,24);1H/t11-;/m1./s1. The quantitative estimate of drug-likeness (QED) is 0.711. The molecule has 136 valence electrons. The average Bonchev–Trinajstić information content (AvgIpc) is 3.32. The lowest BCUT2D eigenvalue weighted by molar-refractivity contribution is 0.0944. The summed E-state index contributed by atoms with van der Waals surface area (Å²) in [7, 11) is 0. The van der Waals surface area contributed by atoms with Crippen molar-refractivity contribution in [3.63, 3.8) is 0 Å². The van der Waals surface area contributed by atoms with Crippen LogP contribution in [0.15, 0.2) is 28.7 Å². The van der Waals surface area contributed by atoms with Gasteiger partial charge in [-0.25, -0.2) is 4.68 Å². The van der Waals surface area contributed by atoms with E-state index in [1.54, 1.807) is 4.68 Å². The van der Waals surface area contributed by atoms with Crippen LogP contribution in [0.25, 0.3) is 5.69 Å². The Labute approximate surface area is 162 Å². The molecule has 1 aliphatic rings. The Bertz CT molecular complexity index is 714. The fourth-order valence-corrected chi connectivity index (χ4v) is 2.96. The van der Waals surface area contributed by atoms with E-state index in [1.165, 1.54) is 0 Å². The lowest BCUT2D eigenvalue weighted by atomic mass is 10.2. The molecule has 0 aliphatic heterocycles. The molecule has 1 amide bonds. The molecule has 0 radical (unpaired) electrons. The number of nitrogens with one attached hydrogen (secondary N) is 2. The first-order valence-electron chi connectivity index (χ1n) is 8.33. The van der Waals surface area contributed by atoms with E-state index in [1.807, 2.05) is 38.1 Å². The van der Waals surface area contributed by atoms with Crippen LogP contribution in [0.4, 0.5) is 0 Å². The summed E-state index contributed by atoms with van der Waals surface area (Å²) in [5.74, 6) is 0.223. The summed E-state index contributed by atoms with van der Waals surface area (Å²) in [6.07, 6.45) is 2.16. The van der Waals surface area contributed by atoms with Gasteiger partial charge >= 0.3 is 0 Å². The SMILES string of the molecule is CCN[C@H](C)CNC(=O)c1nnn(-c2ccc(Br)cc2)c1C1CC1.Cl. The summed E-state index contributed by atoms with van der Waals surface area (Å²) in [5.41, 5.74) is 2.29.